The van der Waals surface area contributed by atoms with Crippen molar-refractivity contribution in [2.24, 2.45) is 5.92 Å². The lowest BCUT2D eigenvalue weighted by atomic mass is 10.0. The zero-order chi connectivity index (χ0) is 33.2. The van der Waals surface area contributed by atoms with Crippen molar-refractivity contribution < 1.29 is 28.6 Å². The summed E-state index contributed by atoms with van der Waals surface area (Å²) in [5.41, 5.74) is 0. The summed E-state index contributed by atoms with van der Waals surface area (Å²) in [5.74, 6) is -0.0646. The Labute approximate surface area is 278 Å². The van der Waals surface area contributed by atoms with E-state index in [4.69, 9.17) is 14.2 Å². The normalized spacial score (nSPS) is 11.9. The highest BCUT2D eigenvalue weighted by Gasteiger charge is 2.19. The van der Waals surface area contributed by atoms with Gasteiger partial charge < -0.3 is 14.2 Å². The van der Waals surface area contributed by atoms with Gasteiger partial charge in [-0.25, -0.2) is 0 Å². The Morgan fingerprint density at radius 2 is 0.733 bits per heavy atom. The standard InChI is InChI=1S/C39H74O6/c1-5-7-9-11-12-15-19-23-27-31-38(41)44-34-36(33-43-37(40)30-26-21-10-8-6-2)45-39(42)32-28-24-20-17-14-13-16-18-22-25-29-35(3)4/h35-36H,5-34H2,1-4H3/t36-/m1/s1. The maximum atomic E-state index is 12.6. The number of rotatable bonds is 34. The second-order valence-electron chi connectivity index (χ2n) is 13.7. The van der Waals surface area contributed by atoms with Crippen molar-refractivity contribution >= 4 is 17.9 Å². The Morgan fingerprint density at radius 1 is 0.422 bits per heavy atom. The van der Waals surface area contributed by atoms with Gasteiger partial charge in [-0.3, -0.25) is 14.4 Å². The summed E-state index contributed by atoms with van der Waals surface area (Å²) in [6.07, 6.45) is 29.7. The van der Waals surface area contributed by atoms with Crippen LogP contribution < -0.4 is 0 Å². The van der Waals surface area contributed by atoms with Crippen LogP contribution in [0.1, 0.15) is 207 Å². The van der Waals surface area contributed by atoms with E-state index in [1.165, 1.54) is 96.3 Å². The summed E-state index contributed by atoms with van der Waals surface area (Å²) < 4.78 is 16.5. The van der Waals surface area contributed by atoms with Crippen molar-refractivity contribution in [3.63, 3.8) is 0 Å². The molecule has 0 saturated carbocycles. The molecule has 0 fully saturated rings. The third kappa shape index (κ3) is 33.6. The van der Waals surface area contributed by atoms with E-state index >= 15 is 0 Å². The Hall–Kier alpha value is -1.59. The van der Waals surface area contributed by atoms with Gasteiger partial charge in [-0.15, -0.1) is 0 Å². The first-order valence-electron chi connectivity index (χ1n) is 19.4. The summed E-state index contributed by atoms with van der Waals surface area (Å²) >= 11 is 0. The number of carbonyl (C=O) groups excluding carboxylic acids is 3. The summed E-state index contributed by atoms with van der Waals surface area (Å²) in [7, 11) is 0. The number of unbranched alkanes of at least 4 members (excludes halogenated alkanes) is 21. The quantitative estimate of drug-likeness (QED) is 0.0396. The third-order valence-electron chi connectivity index (χ3n) is 8.54. The average molecular weight is 639 g/mol. The lowest BCUT2D eigenvalue weighted by molar-refractivity contribution is -0.167. The fraction of sp³-hybridized carbons (Fsp3) is 0.923. The van der Waals surface area contributed by atoms with Crippen LogP contribution >= 0.6 is 0 Å². The molecule has 0 rings (SSSR count). The van der Waals surface area contributed by atoms with Crippen molar-refractivity contribution in [2.45, 2.75) is 214 Å². The second kappa shape index (κ2) is 33.8. The van der Waals surface area contributed by atoms with Gasteiger partial charge in [0, 0.05) is 19.3 Å². The van der Waals surface area contributed by atoms with Crippen LogP contribution in [0.3, 0.4) is 0 Å². The summed E-state index contributed by atoms with van der Waals surface area (Å²) in [6.45, 7) is 8.85. The lowest BCUT2D eigenvalue weighted by Crippen LogP contribution is -2.30. The third-order valence-corrected chi connectivity index (χ3v) is 8.54. The maximum Gasteiger partial charge on any atom is 0.306 e. The van der Waals surface area contributed by atoms with Crippen molar-refractivity contribution in [1.82, 2.24) is 0 Å². The number of carbonyl (C=O) groups is 3. The Bertz CT molecular complexity index is 676. The summed E-state index contributed by atoms with van der Waals surface area (Å²) in [4.78, 5) is 37.2. The van der Waals surface area contributed by atoms with E-state index in [1.807, 2.05) is 0 Å². The van der Waals surface area contributed by atoms with Gasteiger partial charge in [-0.05, 0) is 25.2 Å². The molecule has 0 aliphatic heterocycles. The fourth-order valence-electron chi connectivity index (χ4n) is 5.57. The highest BCUT2D eigenvalue weighted by Crippen LogP contribution is 2.15. The molecule has 6 nitrogen and oxygen atoms in total. The Kier molecular flexibility index (Phi) is 32.6. The molecule has 0 bridgehead atoms. The molecule has 0 N–H and O–H groups in total. The van der Waals surface area contributed by atoms with Gasteiger partial charge in [0.25, 0.3) is 0 Å². The average Bonchev–Trinajstić information content (AvgIpc) is 3.01. The summed E-state index contributed by atoms with van der Waals surface area (Å²) in [5, 5.41) is 0. The van der Waals surface area contributed by atoms with Crippen molar-refractivity contribution in [1.29, 1.82) is 0 Å². The number of ether oxygens (including phenoxy) is 3. The molecule has 0 unspecified atom stereocenters. The SMILES string of the molecule is CCCCCCCCCCCC(=O)OC[C@@H](COC(=O)CCCCCCC)OC(=O)CCCCCCCCCCCCC(C)C. The molecule has 1 atom stereocenters. The van der Waals surface area contributed by atoms with Crippen LogP contribution in [0.15, 0.2) is 0 Å². The van der Waals surface area contributed by atoms with Crippen molar-refractivity contribution in [3.05, 3.63) is 0 Å². The molecule has 0 saturated heterocycles. The van der Waals surface area contributed by atoms with E-state index in [2.05, 4.69) is 27.7 Å². The molecule has 6 heteroatoms. The Balaban J connectivity index is 4.26. The van der Waals surface area contributed by atoms with Gasteiger partial charge in [0.1, 0.15) is 13.2 Å². The minimum absolute atomic E-state index is 0.0662. The van der Waals surface area contributed by atoms with E-state index in [9.17, 15) is 14.4 Å². The molecule has 0 aromatic heterocycles. The minimum atomic E-state index is -0.755. The molecule has 0 aliphatic rings. The predicted molar refractivity (Wildman–Crippen MR) is 187 cm³/mol. The first kappa shape index (κ1) is 43.4. The molecule has 0 radical (unpaired) electrons. The van der Waals surface area contributed by atoms with Crippen LogP contribution in [0, 0.1) is 5.92 Å². The molecule has 0 amide bonds. The fourth-order valence-corrected chi connectivity index (χ4v) is 5.57. The number of hydrogen-bond acceptors (Lipinski definition) is 6. The number of esters is 3. The molecule has 0 aromatic rings. The molecule has 45 heavy (non-hydrogen) atoms. The van der Waals surface area contributed by atoms with E-state index in [1.54, 1.807) is 0 Å². The van der Waals surface area contributed by atoms with Gasteiger partial charge in [-0.2, -0.15) is 0 Å². The Morgan fingerprint density at radius 3 is 1.09 bits per heavy atom. The highest BCUT2D eigenvalue weighted by molar-refractivity contribution is 5.71. The van der Waals surface area contributed by atoms with Gasteiger partial charge >= 0.3 is 17.9 Å². The minimum Gasteiger partial charge on any atom is -0.462 e. The lowest BCUT2D eigenvalue weighted by Gasteiger charge is -2.18. The largest absolute Gasteiger partial charge is 0.462 e. The molecular formula is C39H74O6. The van der Waals surface area contributed by atoms with Crippen LogP contribution in [-0.2, 0) is 28.6 Å². The first-order valence-corrected chi connectivity index (χ1v) is 19.4. The smallest absolute Gasteiger partial charge is 0.306 e. The maximum absolute atomic E-state index is 12.6. The van der Waals surface area contributed by atoms with Crippen LogP contribution in [-0.4, -0.2) is 37.2 Å². The van der Waals surface area contributed by atoms with E-state index in [0.29, 0.717) is 19.3 Å². The van der Waals surface area contributed by atoms with Gasteiger partial charge in [0.2, 0.25) is 0 Å². The second-order valence-corrected chi connectivity index (χ2v) is 13.7. The molecule has 266 valence electrons. The number of hydrogen-bond donors (Lipinski definition) is 0. The van der Waals surface area contributed by atoms with E-state index in [0.717, 1.165) is 70.1 Å². The van der Waals surface area contributed by atoms with Gasteiger partial charge in [0.15, 0.2) is 6.10 Å². The molecular weight excluding hydrogens is 564 g/mol. The highest BCUT2D eigenvalue weighted by atomic mass is 16.6. The van der Waals surface area contributed by atoms with Crippen molar-refractivity contribution in [2.75, 3.05) is 13.2 Å². The predicted octanol–water partition coefficient (Wildman–Crippen LogP) is 11.6. The first-order chi connectivity index (χ1) is 21.9. The van der Waals surface area contributed by atoms with Gasteiger partial charge in [0.05, 0.1) is 0 Å². The zero-order valence-electron chi connectivity index (χ0n) is 30.3. The zero-order valence-corrected chi connectivity index (χ0v) is 30.3. The van der Waals surface area contributed by atoms with E-state index < -0.39 is 6.10 Å². The topological polar surface area (TPSA) is 78.9 Å². The van der Waals surface area contributed by atoms with Crippen LogP contribution in [0.4, 0.5) is 0 Å². The molecule has 0 heterocycles. The van der Waals surface area contributed by atoms with Crippen LogP contribution in [0.25, 0.3) is 0 Å². The van der Waals surface area contributed by atoms with Crippen molar-refractivity contribution in [3.8, 4) is 0 Å². The molecule has 0 aliphatic carbocycles. The van der Waals surface area contributed by atoms with E-state index in [-0.39, 0.29) is 31.1 Å². The summed E-state index contributed by atoms with van der Waals surface area (Å²) in [6, 6.07) is 0. The van der Waals surface area contributed by atoms with Crippen LogP contribution in [0.2, 0.25) is 0 Å². The van der Waals surface area contributed by atoms with Gasteiger partial charge in [-0.1, -0.05) is 169 Å². The molecule has 0 aromatic carbocycles. The molecule has 0 spiro atoms. The monoisotopic (exact) mass is 639 g/mol. The van der Waals surface area contributed by atoms with Crippen LogP contribution in [0.5, 0.6) is 0 Å².